The first-order chi connectivity index (χ1) is 6.16. The molecule has 0 atom stereocenters. The first-order valence-corrected chi connectivity index (χ1v) is 5.34. The average molecular weight is 310 g/mol. The van der Waals surface area contributed by atoms with Crippen LogP contribution in [0.5, 0.6) is 0 Å². The smallest absolute Gasteiger partial charge is 0.252 e. The van der Waals surface area contributed by atoms with Crippen LogP contribution in [-0.2, 0) is 0 Å². The quantitative estimate of drug-likeness (QED) is 0.836. The highest BCUT2D eigenvalue weighted by molar-refractivity contribution is 14.1. The molecule has 0 aliphatic heterocycles. The largest absolute Gasteiger partial charge is 0.352 e. The van der Waals surface area contributed by atoms with E-state index in [4.69, 9.17) is 11.6 Å². The summed E-state index contributed by atoms with van der Waals surface area (Å²) in [5.41, 5.74) is 0.537. The van der Waals surface area contributed by atoms with Crippen LogP contribution in [0, 0.1) is 3.57 Å². The maximum absolute atomic E-state index is 11.4. The zero-order valence-corrected chi connectivity index (χ0v) is 10.0. The first-order valence-electron chi connectivity index (χ1n) is 3.89. The summed E-state index contributed by atoms with van der Waals surface area (Å²) in [6.07, 6.45) is 0. The number of hydrogen-bond acceptors (Lipinski definition) is 1. The van der Waals surface area contributed by atoms with Gasteiger partial charge in [-0.25, -0.2) is 0 Å². The number of rotatable bonds is 2. The van der Waals surface area contributed by atoms with Crippen molar-refractivity contribution in [1.29, 1.82) is 0 Å². The fourth-order valence-electron chi connectivity index (χ4n) is 0.935. The number of halogens is 2. The van der Waals surface area contributed by atoms with Crippen molar-refractivity contribution in [3.05, 3.63) is 32.4 Å². The predicted octanol–water partition coefficient (Wildman–Crippen LogP) is 2.69. The van der Waals surface area contributed by atoms with E-state index in [1.54, 1.807) is 6.07 Å². The number of carbonyl (C=O) groups is 1. The third-order valence-corrected chi connectivity index (χ3v) is 3.16. The number of hydrogen-bond donors (Lipinski definition) is 1. The SMILES string of the molecule is CCNC(=O)c1cccc(I)c1Cl. The Balaban J connectivity index is 3.01. The molecular weight excluding hydrogens is 300 g/mol. The van der Waals surface area contributed by atoms with Gasteiger partial charge in [-0.3, -0.25) is 4.79 Å². The molecule has 0 spiro atoms. The molecule has 1 rings (SSSR count). The Kier molecular flexibility index (Phi) is 3.99. The van der Waals surface area contributed by atoms with Crippen LogP contribution >= 0.6 is 34.2 Å². The lowest BCUT2D eigenvalue weighted by atomic mass is 10.2. The van der Waals surface area contributed by atoms with E-state index in [2.05, 4.69) is 27.9 Å². The zero-order chi connectivity index (χ0) is 9.84. The van der Waals surface area contributed by atoms with Crippen molar-refractivity contribution in [2.75, 3.05) is 6.54 Å². The van der Waals surface area contributed by atoms with Gasteiger partial charge in [-0.15, -0.1) is 0 Å². The van der Waals surface area contributed by atoms with Gasteiger partial charge in [-0.2, -0.15) is 0 Å². The minimum atomic E-state index is -0.119. The minimum Gasteiger partial charge on any atom is -0.352 e. The van der Waals surface area contributed by atoms with E-state index in [1.165, 1.54) is 0 Å². The second-order valence-electron chi connectivity index (χ2n) is 2.46. The van der Waals surface area contributed by atoms with Crippen LogP contribution in [0.25, 0.3) is 0 Å². The Labute approximate surface area is 95.8 Å². The molecule has 0 saturated heterocycles. The Morgan fingerprint density at radius 2 is 2.31 bits per heavy atom. The van der Waals surface area contributed by atoms with Crippen LogP contribution in [0.3, 0.4) is 0 Å². The van der Waals surface area contributed by atoms with Gasteiger partial charge in [-0.05, 0) is 41.6 Å². The van der Waals surface area contributed by atoms with Crippen molar-refractivity contribution in [3.63, 3.8) is 0 Å². The van der Waals surface area contributed by atoms with Crippen molar-refractivity contribution >= 4 is 40.1 Å². The van der Waals surface area contributed by atoms with Crippen LogP contribution in [0.4, 0.5) is 0 Å². The van der Waals surface area contributed by atoms with Gasteiger partial charge in [0.25, 0.3) is 5.91 Å². The van der Waals surface area contributed by atoms with Gasteiger partial charge in [0.15, 0.2) is 0 Å². The molecule has 0 unspecified atom stereocenters. The zero-order valence-electron chi connectivity index (χ0n) is 7.10. The lowest BCUT2D eigenvalue weighted by Gasteiger charge is -2.04. The van der Waals surface area contributed by atoms with Crippen LogP contribution < -0.4 is 5.32 Å². The number of amides is 1. The van der Waals surface area contributed by atoms with Gasteiger partial charge in [0.1, 0.15) is 0 Å². The summed E-state index contributed by atoms with van der Waals surface area (Å²) in [6.45, 7) is 2.49. The maximum Gasteiger partial charge on any atom is 0.252 e. The highest BCUT2D eigenvalue weighted by atomic mass is 127. The molecule has 0 saturated carbocycles. The molecular formula is C9H9ClINO. The Hall–Kier alpha value is -0.290. The van der Waals surface area contributed by atoms with Crippen molar-refractivity contribution in [1.82, 2.24) is 5.32 Å². The van der Waals surface area contributed by atoms with Gasteiger partial charge >= 0.3 is 0 Å². The van der Waals surface area contributed by atoms with E-state index in [0.717, 1.165) is 3.57 Å². The molecule has 4 heteroatoms. The fraction of sp³-hybridized carbons (Fsp3) is 0.222. The molecule has 0 bridgehead atoms. The normalized spacial score (nSPS) is 9.77. The summed E-state index contributed by atoms with van der Waals surface area (Å²) in [5, 5.41) is 3.23. The Bertz CT molecular complexity index is 327. The minimum absolute atomic E-state index is 0.119. The van der Waals surface area contributed by atoms with Crippen LogP contribution in [0.1, 0.15) is 17.3 Å². The standard InChI is InChI=1S/C9H9ClINO/c1-2-12-9(13)6-4-3-5-7(11)8(6)10/h3-5H,2H2,1H3,(H,12,13). The van der Waals surface area contributed by atoms with E-state index in [0.29, 0.717) is 17.1 Å². The summed E-state index contributed by atoms with van der Waals surface area (Å²) in [4.78, 5) is 11.4. The van der Waals surface area contributed by atoms with Crippen LogP contribution in [0.15, 0.2) is 18.2 Å². The monoisotopic (exact) mass is 309 g/mol. The Morgan fingerprint density at radius 3 is 2.92 bits per heavy atom. The van der Waals surface area contributed by atoms with Crippen molar-refractivity contribution in [3.8, 4) is 0 Å². The van der Waals surface area contributed by atoms with E-state index in [9.17, 15) is 4.79 Å². The third kappa shape index (κ3) is 2.57. The Morgan fingerprint density at radius 1 is 1.62 bits per heavy atom. The van der Waals surface area contributed by atoms with Gasteiger partial charge < -0.3 is 5.32 Å². The molecule has 2 nitrogen and oxygen atoms in total. The second-order valence-corrected chi connectivity index (χ2v) is 4.00. The molecule has 0 radical (unpaired) electrons. The van der Waals surface area contributed by atoms with Crippen molar-refractivity contribution in [2.45, 2.75) is 6.92 Å². The summed E-state index contributed by atoms with van der Waals surface area (Å²) >= 11 is 8.06. The molecule has 1 amide bonds. The fourth-order valence-corrected chi connectivity index (χ4v) is 1.64. The lowest BCUT2D eigenvalue weighted by Crippen LogP contribution is -2.23. The van der Waals surface area contributed by atoms with E-state index in [1.807, 2.05) is 19.1 Å². The van der Waals surface area contributed by atoms with Gasteiger partial charge in [0, 0.05) is 10.1 Å². The van der Waals surface area contributed by atoms with Gasteiger partial charge in [-0.1, -0.05) is 17.7 Å². The average Bonchev–Trinajstić information content (AvgIpc) is 2.10. The lowest BCUT2D eigenvalue weighted by molar-refractivity contribution is 0.0956. The highest BCUT2D eigenvalue weighted by Gasteiger charge is 2.10. The predicted molar refractivity (Wildman–Crippen MR) is 62.2 cm³/mol. The molecule has 0 heterocycles. The summed E-state index contributed by atoms with van der Waals surface area (Å²) in [7, 11) is 0. The van der Waals surface area contributed by atoms with Gasteiger partial charge in [0.05, 0.1) is 10.6 Å². The molecule has 1 N–H and O–H groups in total. The van der Waals surface area contributed by atoms with E-state index in [-0.39, 0.29) is 5.91 Å². The topological polar surface area (TPSA) is 29.1 Å². The third-order valence-electron chi connectivity index (χ3n) is 1.53. The number of carbonyl (C=O) groups excluding carboxylic acids is 1. The molecule has 1 aromatic carbocycles. The first kappa shape index (κ1) is 10.8. The molecule has 0 aromatic heterocycles. The van der Waals surface area contributed by atoms with Crippen molar-refractivity contribution in [2.24, 2.45) is 0 Å². The molecule has 0 aliphatic rings. The molecule has 0 fully saturated rings. The van der Waals surface area contributed by atoms with Gasteiger partial charge in [0.2, 0.25) is 0 Å². The number of nitrogens with one attached hydrogen (secondary N) is 1. The van der Waals surface area contributed by atoms with E-state index >= 15 is 0 Å². The van der Waals surface area contributed by atoms with Crippen molar-refractivity contribution < 1.29 is 4.79 Å². The number of benzene rings is 1. The summed E-state index contributed by atoms with van der Waals surface area (Å²) in [6, 6.07) is 5.40. The summed E-state index contributed by atoms with van der Waals surface area (Å²) in [5.74, 6) is -0.119. The second kappa shape index (κ2) is 4.81. The molecule has 70 valence electrons. The van der Waals surface area contributed by atoms with Crippen LogP contribution in [-0.4, -0.2) is 12.5 Å². The van der Waals surface area contributed by atoms with E-state index < -0.39 is 0 Å². The summed E-state index contributed by atoms with van der Waals surface area (Å²) < 4.78 is 0.892. The molecule has 0 aliphatic carbocycles. The molecule has 13 heavy (non-hydrogen) atoms. The molecule has 1 aromatic rings. The van der Waals surface area contributed by atoms with Crippen LogP contribution in [0.2, 0.25) is 5.02 Å². The highest BCUT2D eigenvalue weighted by Crippen LogP contribution is 2.22. The maximum atomic E-state index is 11.4.